The fourth-order valence-corrected chi connectivity index (χ4v) is 1.28. The zero-order valence-electron chi connectivity index (χ0n) is 8.69. The van der Waals surface area contributed by atoms with Crippen LogP contribution < -0.4 is 11.1 Å². The van der Waals surface area contributed by atoms with E-state index in [0.29, 0.717) is 11.4 Å². The van der Waals surface area contributed by atoms with Crippen LogP contribution in [0.1, 0.15) is 16.2 Å². The molecule has 0 aliphatic carbocycles. The number of aromatic nitrogens is 3. The van der Waals surface area contributed by atoms with E-state index in [-0.39, 0.29) is 11.7 Å². The van der Waals surface area contributed by atoms with Gasteiger partial charge < -0.3 is 11.1 Å². The number of nitrogens with zero attached hydrogens (tertiary/aromatic N) is 2. The van der Waals surface area contributed by atoms with Gasteiger partial charge >= 0.3 is 0 Å². The van der Waals surface area contributed by atoms with Crippen LogP contribution in [-0.2, 0) is 0 Å². The number of H-pyrrole nitrogens is 1. The number of nitrogens with one attached hydrogen (secondary N) is 2. The van der Waals surface area contributed by atoms with Crippen LogP contribution in [0.3, 0.4) is 0 Å². The molecule has 0 aliphatic rings. The van der Waals surface area contributed by atoms with Gasteiger partial charge in [-0.1, -0.05) is 0 Å². The normalized spacial score (nSPS) is 10.1. The Morgan fingerprint density at radius 3 is 2.94 bits per heavy atom. The number of nitrogen functional groups attached to an aromatic ring is 1. The average Bonchev–Trinajstić information content (AvgIpc) is 2.65. The van der Waals surface area contributed by atoms with Crippen molar-refractivity contribution < 1.29 is 4.79 Å². The Morgan fingerprint density at radius 2 is 2.31 bits per heavy atom. The van der Waals surface area contributed by atoms with Crippen molar-refractivity contribution in [2.45, 2.75) is 6.92 Å². The molecule has 1 amide bonds. The summed E-state index contributed by atoms with van der Waals surface area (Å²) in [7, 11) is 0. The van der Waals surface area contributed by atoms with E-state index in [0.717, 1.165) is 5.69 Å². The Labute approximate surface area is 91.9 Å². The smallest absolute Gasteiger partial charge is 0.273 e. The number of hydrogen-bond donors (Lipinski definition) is 3. The van der Waals surface area contributed by atoms with Crippen LogP contribution in [0.25, 0.3) is 0 Å². The molecule has 82 valence electrons. The third-order valence-electron chi connectivity index (χ3n) is 2.00. The molecule has 6 heteroatoms. The largest absolute Gasteiger partial charge is 0.382 e. The predicted molar refractivity (Wildman–Crippen MR) is 59.9 cm³/mol. The number of aryl methyl sites for hydroxylation is 1. The molecule has 2 heterocycles. The minimum absolute atomic E-state index is 0.283. The van der Waals surface area contributed by atoms with Crippen LogP contribution in [0.2, 0.25) is 0 Å². The van der Waals surface area contributed by atoms with Crippen molar-refractivity contribution in [1.29, 1.82) is 0 Å². The van der Waals surface area contributed by atoms with E-state index in [4.69, 9.17) is 5.73 Å². The van der Waals surface area contributed by atoms with Crippen molar-refractivity contribution in [2.24, 2.45) is 0 Å². The highest BCUT2D eigenvalue weighted by molar-refractivity contribution is 6.03. The molecule has 0 spiro atoms. The van der Waals surface area contributed by atoms with Crippen molar-refractivity contribution in [3.8, 4) is 0 Å². The molecule has 0 radical (unpaired) electrons. The number of carbonyl (C=O) groups excluding carboxylic acids is 1. The van der Waals surface area contributed by atoms with Gasteiger partial charge in [0.2, 0.25) is 0 Å². The SMILES string of the molecule is Cc1cc(NC(=O)c2cc(N)n[nH]2)ccn1. The van der Waals surface area contributed by atoms with Gasteiger partial charge in [-0.15, -0.1) is 0 Å². The minimum Gasteiger partial charge on any atom is -0.382 e. The second kappa shape index (κ2) is 4.01. The lowest BCUT2D eigenvalue weighted by Crippen LogP contribution is -2.12. The van der Waals surface area contributed by atoms with Crippen molar-refractivity contribution in [3.05, 3.63) is 35.8 Å². The second-order valence-electron chi connectivity index (χ2n) is 3.35. The number of nitrogens with two attached hydrogens (primary N) is 1. The zero-order chi connectivity index (χ0) is 11.5. The maximum atomic E-state index is 11.7. The molecule has 2 aromatic heterocycles. The number of pyridine rings is 1. The first kappa shape index (κ1) is 10.2. The van der Waals surface area contributed by atoms with Crippen LogP contribution in [0.4, 0.5) is 11.5 Å². The summed E-state index contributed by atoms with van der Waals surface area (Å²) >= 11 is 0. The molecule has 2 aromatic rings. The molecule has 2 rings (SSSR count). The number of anilines is 2. The standard InChI is InChI=1S/C10H11N5O/c1-6-4-7(2-3-12-6)13-10(16)8-5-9(11)15-14-8/h2-5H,1H3,(H3,11,14,15)(H,12,13,16). The Bertz CT molecular complexity index is 519. The summed E-state index contributed by atoms with van der Waals surface area (Å²) in [6.45, 7) is 1.85. The molecule has 0 aromatic carbocycles. The summed E-state index contributed by atoms with van der Waals surface area (Å²) in [5.74, 6) is 0.00542. The summed E-state index contributed by atoms with van der Waals surface area (Å²) in [6.07, 6.45) is 1.63. The summed E-state index contributed by atoms with van der Waals surface area (Å²) in [5, 5.41) is 8.92. The van der Waals surface area contributed by atoms with E-state index >= 15 is 0 Å². The molecule has 4 N–H and O–H groups in total. The van der Waals surface area contributed by atoms with Gasteiger partial charge in [0.05, 0.1) is 0 Å². The monoisotopic (exact) mass is 217 g/mol. The Balaban J connectivity index is 2.13. The van der Waals surface area contributed by atoms with E-state index in [2.05, 4.69) is 20.5 Å². The average molecular weight is 217 g/mol. The quantitative estimate of drug-likeness (QED) is 0.697. The topological polar surface area (TPSA) is 96.7 Å². The van der Waals surface area contributed by atoms with Crippen molar-refractivity contribution in [3.63, 3.8) is 0 Å². The van der Waals surface area contributed by atoms with Gasteiger partial charge in [-0.25, -0.2) is 0 Å². The highest BCUT2D eigenvalue weighted by atomic mass is 16.1. The van der Waals surface area contributed by atoms with Crippen molar-refractivity contribution in [2.75, 3.05) is 11.1 Å². The van der Waals surface area contributed by atoms with E-state index in [1.54, 1.807) is 18.3 Å². The lowest BCUT2D eigenvalue weighted by molar-refractivity contribution is 0.102. The molecule has 0 unspecified atom stereocenters. The molecular formula is C10H11N5O. The lowest BCUT2D eigenvalue weighted by atomic mass is 10.3. The van der Waals surface area contributed by atoms with Crippen LogP contribution in [0.15, 0.2) is 24.4 Å². The van der Waals surface area contributed by atoms with E-state index < -0.39 is 0 Å². The Morgan fingerprint density at radius 1 is 1.50 bits per heavy atom. The summed E-state index contributed by atoms with van der Waals surface area (Å²) in [5.41, 5.74) is 7.25. The van der Waals surface area contributed by atoms with Gasteiger partial charge in [0, 0.05) is 23.6 Å². The van der Waals surface area contributed by atoms with Gasteiger partial charge in [0.15, 0.2) is 0 Å². The van der Waals surface area contributed by atoms with Crippen molar-refractivity contribution in [1.82, 2.24) is 15.2 Å². The molecule has 0 fully saturated rings. The number of carbonyl (C=O) groups is 1. The summed E-state index contributed by atoms with van der Waals surface area (Å²) in [6, 6.07) is 4.96. The van der Waals surface area contributed by atoms with Crippen LogP contribution >= 0.6 is 0 Å². The van der Waals surface area contributed by atoms with E-state index in [1.165, 1.54) is 6.07 Å². The first-order valence-electron chi connectivity index (χ1n) is 4.70. The predicted octanol–water partition coefficient (Wildman–Crippen LogP) is 0.948. The summed E-state index contributed by atoms with van der Waals surface area (Å²) in [4.78, 5) is 15.7. The van der Waals surface area contributed by atoms with Crippen LogP contribution in [0, 0.1) is 6.92 Å². The van der Waals surface area contributed by atoms with Crippen LogP contribution in [0.5, 0.6) is 0 Å². The third-order valence-corrected chi connectivity index (χ3v) is 2.00. The van der Waals surface area contributed by atoms with Crippen LogP contribution in [-0.4, -0.2) is 21.1 Å². The molecule has 6 nitrogen and oxygen atoms in total. The second-order valence-corrected chi connectivity index (χ2v) is 3.35. The number of rotatable bonds is 2. The fraction of sp³-hybridized carbons (Fsp3) is 0.100. The lowest BCUT2D eigenvalue weighted by Gasteiger charge is -2.03. The number of aromatic amines is 1. The maximum Gasteiger partial charge on any atom is 0.273 e. The number of hydrogen-bond acceptors (Lipinski definition) is 4. The van der Waals surface area contributed by atoms with Gasteiger partial charge in [0.1, 0.15) is 11.5 Å². The van der Waals surface area contributed by atoms with Gasteiger partial charge in [0.25, 0.3) is 5.91 Å². The molecule has 16 heavy (non-hydrogen) atoms. The molecule has 0 aliphatic heterocycles. The molecular weight excluding hydrogens is 206 g/mol. The Kier molecular flexibility index (Phi) is 2.55. The van der Waals surface area contributed by atoms with Gasteiger partial charge in [-0.2, -0.15) is 5.10 Å². The summed E-state index contributed by atoms with van der Waals surface area (Å²) < 4.78 is 0. The highest BCUT2D eigenvalue weighted by Crippen LogP contribution is 2.09. The Hall–Kier alpha value is -2.37. The van der Waals surface area contributed by atoms with E-state index in [9.17, 15) is 4.79 Å². The first-order chi connectivity index (χ1) is 7.65. The minimum atomic E-state index is -0.283. The zero-order valence-corrected chi connectivity index (χ0v) is 8.69. The van der Waals surface area contributed by atoms with E-state index in [1.807, 2.05) is 6.92 Å². The highest BCUT2D eigenvalue weighted by Gasteiger charge is 2.08. The fourth-order valence-electron chi connectivity index (χ4n) is 1.28. The molecule has 0 atom stereocenters. The van der Waals surface area contributed by atoms with Crippen molar-refractivity contribution >= 4 is 17.4 Å². The molecule has 0 bridgehead atoms. The third kappa shape index (κ3) is 2.17. The molecule has 0 saturated carbocycles. The molecule has 0 saturated heterocycles. The first-order valence-corrected chi connectivity index (χ1v) is 4.70. The van der Waals surface area contributed by atoms with Gasteiger partial charge in [-0.3, -0.25) is 14.9 Å². The number of amides is 1. The maximum absolute atomic E-state index is 11.7. The van der Waals surface area contributed by atoms with Gasteiger partial charge in [-0.05, 0) is 19.1 Å².